The van der Waals surface area contributed by atoms with E-state index in [0.29, 0.717) is 28.9 Å². The molecular formula is C21H20Cl2N2O4. The van der Waals surface area contributed by atoms with Gasteiger partial charge in [0.2, 0.25) is 0 Å². The maximum atomic E-state index is 12.6. The van der Waals surface area contributed by atoms with Crippen LogP contribution in [0, 0.1) is 0 Å². The maximum absolute atomic E-state index is 12.6. The SMILES string of the molecule is COC(=O)C1=C(C(=O)OC)N(c2ccc(Cl)cc2)CN(Cc2ccc(Cl)cc2)C1. The second-order valence-corrected chi connectivity index (χ2v) is 7.34. The molecule has 29 heavy (non-hydrogen) atoms. The van der Waals surface area contributed by atoms with Crippen LogP contribution in [0.25, 0.3) is 0 Å². The number of anilines is 1. The highest BCUT2D eigenvalue weighted by Crippen LogP contribution is 2.29. The zero-order valence-electron chi connectivity index (χ0n) is 16.0. The minimum atomic E-state index is -0.605. The zero-order chi connectivity index (χ0) is 21.0. The summed E-state index contributed by atoms with van der Waals surface area (Å²) in [5.74, 6) is -1.18. The van der Waals surface area contributed by atoms with Crippen molar-refractivity contribution in [2.24, 2.45) is 0 Å². The Balaban J connectivity index is 2.02. The summed E-state index contributed by atoms with van der Waals surface area (Å²) in [5.41, 5.74) is 2.12. The van der Waals surface area contributed by atoms with Gasteiger partial charge in [0, 0.05) is 28.8 Å². The van der Waals surface area contributed by atoms with Crippen molar-refractivity contribution < 1.29 is 19.1 Å². The van der Waals surface area contributed by atoms with Crippen LogP contribution in [0.15, 0.2) is 59.8 Å². The van der Waals surface area contributed by atoms with Gasteiger partial charge in [-0.3, -0.25) is 4.90 Å². The fourth-order valence-corrected chi connectivity index (χ4v) is 3.43. The van der Waals surface area contributed by atoms with Crippen molar-refractivity contribution in [3.05, 3.63) is 75.4 Å². The van der Waals surface area contributed by atoms with E-state index in [-0.39, 0.29) is 17.8 Å². The number of carbonyl (C=O) groups excluding carboxylic acids is 2. The molecule has 8 heteroatoms. The molecule has 0 spiro atoms. The van der Waals surface area contributed by atoms with Gasteiger partial charge >= 0.3 is 11.9 Å². The number of nitrogens with zero attached hydrogens (tertiary/aromatic N) is 2. The summed E-state index contributed by atoms with van der Waals surface area (Å²) in [6.07, 6.45) is 0. The molecule has 0 N–H and O–H groups in total. The van der Waals surface area contributed by atoms with Crippen molar-refractivity contribution >= 4 is 40.8 Å². The topological polar surface area (TPSA) is 59.1 Å². The number of halogens is 2. The van der Waals surface area contributed by atoms with Gasteiger partial charge in [0.05, 0.1) is 26.5 Å². The van der Waals surface area contributed by atoms with E-state index in [9.17, 15) is 9.59 Å². The molecule has 3 rings (SSSR count). The van der Waals surface area contributed by atoms with Crippen LogP contribution in [0.1, 0.15) is 5.56 Å². The van der Waals surface area contributed by atoms with Crippen LogP contribution >= 0.6 is 23.2 Å². The summed E-state index contributed by atoms with van der Waals surface area (Å²) in [7, 11) is 2.57. The molecule has 1 aliphatic rings. The Morgan fingerprint density at radius 2 is 1.45 bits per heavy atom. The molecule has 6 nitrogen and oxygen atoms in total. The third kappa shape index (κ3) is 4.90. The first-order valence-corrected chi connectivity index (χ1v) is 9.58. The van der Waals surface area contributed by atoms with Crippen LogP contribution in [0.4, 0.5) is 5.69 Å². The molecule has 0 fully saturated rings. The number of rotatable bonds is 5. The van der Waals surface area contributed by atoms with Crippen molar-refractivity contribution in [1.29, 1.82) is 0 Å². The van der Waals surface area contributed by atoms with E-state index in [1.54, 1.807) is 29.2 Å². The second kappa shape index (κ2) is 9.31. The summed E-state index contributed by atoms with van der Waals surface area (Å²) >= 11 is 12.0. The number of carbonyl (C=O) groups is 2. The summed E-state index contributed by atoms with van der Waals surface area (Å²) < 4.78 is 9.89. The van der Waals surface area contributed by atoms with Crippen molar-refractivity contribution in [3.8, 4) is 0 Å². The Morgan fingerprint density at radius 1 is 0.897 bits per heavy atom. The van der Waals surface area contributed by atoms with Crippen molar-refractivity contribution in [3.63, 3.8) is 0 Å². The average Bonchev–Trinajstić information content (AvgIpc) is 2.74. The van der Waals surface area contributed by atoms with Gasteiger partial charge < -0.3 is 14.4 Å². The zero-order valence-corrected chi connectivity index (χ0v) is 17.5. The fourth-order valence-electron chi connectivity index (χ4n) is 3.18. The summed E-state index contributed by atoms with van der Waals surface area (Å²) in [5, 5.41) is 1.22. The quantitative estimate of drug-likeness (QED) is 0.665. The van der Waals surface area contributed by atoms with Gasteiger partial charge in [-0.05, 0) is 42.0 Å². The van der Waals surface area contributed by atoms with Crippen LogP contribution in [-0.4, -0.2) is 44.3 Å². The van der Waals surface area contributed by atoms with Crippen molar-refractivity contribution in [1.82, 2.24) is 4.90 Å². The predicted octanol–water partition coefficient (Wildman–Crippen LogP) is 3.87. The van der Waals surface area contributed by atoms with Crippen LogP contribution in [-0.2, 0) is 25.6 Å². The molecular weight excluding hydrogens is 415 g/mol. The third-order valence-corrected chi connectivity index (χ3v) is 5.05. The Kier molecular flexibility index (Phi) is 6.79. The van der Waals surface area contributed by atoms with Gasteiger partial charge in [-0.1, -0.05) is 35.3 Å². The minimum Gasteiger partial charge on any atom is -0.466 e. The van der Waals surface area contributed by atoms with E-state index in [2.05, 4.69) is 0 Å². The lowest BCUT2D eigenvalue weighted by Gasteiger charge is -2.38. The van der Waals surface area contributed by atoms with Gasteiger partial charge in [0.15, 0.2) is 0 Å². The number of esters is 2. The normalized spacial score (nSPS) is 14.7. The van der Waals surface area contributed by atoms with E-state index in [4.69, 9.17) is 32.7 Å². The lowest BCUT2D eigenvalue weighted by Crippen LogP contribution is -2.47. The van der Waals surface area contributed by atoms with E-state index in [1.807, 2.05) is 29.2 Å². The summed E-state index contributed by atoms with van der Waals surface area (Å²) in [6, 6.07) is 14.5. The average molecular weight is 435 g/mol. The van der Waals surface area contributed by atoms with Crippen molar-refractivity contribution in [2.45, 2.75) is 6.54 Å². The number of methoxy groups -OCH3 is 2. The van der Waals surface area contributed by atoms with Gasteiger partial charge in [0.1, 0.15) is 5.70 Å². The fraction of sp³-hybridized carbons (Fsp3) is 0.238. The first-order chi connectivity index (χ1) is 13.9. The molecule has 1 aliphatic heterocycles. The Morgan fingerprint density at radius 3 is 2.00 bits per heavy atom. The van der Waals surface area contributed by atoms with Gasteiger partial charge in [-0.15, -0.1) is 0 Å². The standard InChI is InChI=1S/C21H20Cl2N2O4/c1-28-20(26)18-12-24(11-14-3-5-15(22)6-4-14)13-25(19(18)21(27)29-2)17-9-7-16(23)8-10-17/h3-10H,11-13H2,1-2H3. The molecule has 0 radical (unpaired) electrons. The highest BCUT2D eigenvalue weighted by Gasteiger charge is 2.35. The minimum absolute atomic E-state index is 0.161. The molecule has 0 aromatic heterocycles. The van der Waals surface area contributed by atoms with Crippen molar-refractivity contribution in [2.75, 3.05) is 32.3 Å². The first-order valence-electron chi connectivity index (χ1n) is 8.82. The van der Waals surface area contributed by atoms with Gasteiger partial charge in [-0.25, -0.2) is 9.59 Å². The van der Waals surface area contributed by atoms with E-state index in [0.717, 1.165) is 5.56 Å². The molecule has 1 heterocycles. The maximum Gasteiger partial charge on any atom is 0.355 e. The number of benzene rings is 2. The van der Waals surface area contributed by atoms with Gasteiger partial charge in [0.25, 0.3) is 0 Å². The number of hydrogen-bond acceptors (Lipinski definition) is 6. The lowest BCUT2D eigenvalue weighted by molar-refractivity contribution is -0.140. The molecule has 0 atom stereocenters. The number of ether oxygens (including phenoxy) is 2. The Hall–Kier alpha value is -2.54. The van der Waals surface area contributed by atoms with E-state index >= 15 is 0 Å². The summed E-state index contributed by atoms with van der Waals surface area (Å²) in [6.45, 7) is 1.16. The highest BCUT2D eigenvalue weighted by atomic mass is 35.5. The van der Waals surface area contributed by atoms with E-state index in [1.165, 1.54) is 14.2 Å². The number of hydrogen-bond donors (Lipinski definition) is 0. The Bertz CT molecular complexity index is 927. The molecule has 0 amide bonds. The largest absolute Gasteiger partial charge is 0.466 e. The van der Waals surface area contributed by atoms with E-state index < -0.39 is 11.9 Å². The van der Waals surface area contributed by atoms with Crippen LogP contribution in [0.5, 0.6) is 0 Å². The predicted molar refractivity (Wildman–Crippen MR) is 112 cm³/mol. The second-order valence-electron chi connectivity index (χ2n) is 6.47. The molecule has 0 bridgehead atoms. The highest BCUT2D eigenvalue weighted by molar-refractivity contribution is 6.30. The molecule has 0 unspecified atom stereocenters. The molecule has 0 saturated heterocycles. The molecule has 2 aromatic rings. The molecule has 0 aliphatic carbocycles. The van der Waals surface area contributed by atoms with Crippen LogP contribution in [0.2, 0.25) is 10.0 Å². The monoisotopic (exact) mass is 434 g/mol. The van der Waals surface area contributed by atoms with Crippen LogP contribution < -0.4 is 4.90 Å². The Labute approximate surface area is 179 Å². The van der Waals surface area contributed by atoms with Crippen LogP contribution in [0.3, 0.4) is 0 Å². The third-order valence-electron chi connectivity index (χ3n) is 4.55. The lowest BCUT2D eigenvalue weighted by atomic mass is 10.1. The molecule has 2 aromatic carbocycles. The first kappa shape index (κ1) is 21.2. The summed E-state index contributed by atoms with van der Waals surface area (Å²) in [4.78, 5) is 28.8. The molecule has 0 saturated carbocycles. The smallest absolute Gasteiger partial charge is 0.355 e. The van der Waals surface area contributed by atoms with Gasteiger partial charge in [-0.2, -0.15) is 0 Å². The molecule has 152 valence electrons.